The number of aromatic nitrogens is 1. The zero-order chi connectivity index (χ0) is 18.2. The predicted octanol–water partition coefficient (Wildman–Crippen LogP) is 3.83. The maximum absolute atomic E-state index is 13.5. The van der Waals surface area contributed by atoms with Crippen molar-refractivity contribution < 1.29 is 4.39 Å². The molecule has 2 bridgehead atoms. The highest BCUT2D eigenvalue weighted by atomic mass is 19.1. The quantitative estimate of drug-likeness (QED) is 0.767. The molecule has 3 heterocycles. The number of rotatable bonds is 4. The second kappa shape index (κ2) is 6.87. The summed E-state index contributed by atoms with van der Waals surface area (Å²) in [5.41, 5.74) is 4.65. The van der Waals surface area contributed by atoms with E-state index >= 15 is 0 Å². The maximum Gasteiger partial charge on any atom is 0.123 e. The van der Waals surface area contributed by atoms with Crippen LogP contribution in [-0.2, 0) is 6.54 Å². The summed E-state index contributed by atoms with van der Waals surface area (Å²) in [6.45, 7) is 3.00. The lowest BCUT2D eigenvalue weighted by atomic mass is 9.72. The number of nitrogens with one attached hydrogen (secondary N) is 1. The van der Waals surface area contributed by atoms with Gasteiger partial charge >= 0.3 is 0 Å². The van der Waals surface area contributed by atoms with Crippen molar-refractivity contribution in [1.29, 1.82) is 0 Å². The fourth-order valence-corrected chi connectivity index (χ4v) is 4.63. The van der Waals surface area contributed by atoms with Gasteiger partial charge in [0.25, 0.3) is 0 Å². The van der Waals surface area contributed by atoms with Crippen LogP contribution >= 0.6 is 0 Å². The van der Waals surface area contributed by atoms with Gasteiger partial charge in [0.1, 0.15) is 5.82 Å². The molecule has 1 N–H and O–H groups in total. The second-order valence-electron chi connectivity index (χ2n) is 7.48. The Morgan fingerprint density at radius 1 is 0.963 bits per heavy atom. The molecule has 4 heteroatoms. The van der Waals surface area contributed by atoms with Crippen LogP contribution in [0, 0.1) is 5.82 Å². The average Bonchev–Trinajstić information content (AvgIpc) is 2.73. The van der Waals surface area contributed by atoms with Gasteiger partial charge < -0.3 is 5.32 Å². The van der Waals surface area contributed by atoms with Crippen molar-refractivity contribution in [2.45, 2.75) is 24.5 Å². The number of pyridine rings is 1. The Bertz CT molecular complexity index is 914. The van der Waals surface area contributed by atoms with E-state index in [2.05, 4.69) is 45.5 Å². The van der Waals surface area contributed by atoms with Gasteiger partial charge in [0.05, 0.1) is 0 Å². The molecule has 3 atom stereocenters. The molecule has 0 radical (unpaired) electrons. The number of hydrogen-bond acceptors (Lipinski definition) is 3. The Morgan fingerprint density at radius 2 is 1.78 bits per heavy atom. The molecule has 2 aliphatic heterocycles. The third-order valence-corrected chi connectivity index (χ3v) is 5.93. The molecule has 1 unspecified atom stereocenters. The van der Waals surface area contributed by atoms with Crippen molar-refractivity contribution >= 4 is 0 Å². The molecule has 136 valence electrons. The summed E-state index contributed by atoms with van der Waals surface area (Å²) in [4.78, 5) is 6.84. The minimum atomic E-state index is -0.192. The predicted molar refractivity (Wildman–Crippen MR) is 105 cm³/mol. The number of fused-ring (bicyclic) bond motifs is 2. The molecule has 0 saturated carbocycles. The number of likely N-dealkylation sites (tertiary alicyclic amines) is 1. The molecular weight excluding hydrogens is 337 g/mol. The number of hydrogen-bond donors (Lipinski definition) is 1. The Hall–Kier alpha value is -2.56. The van der Waals surface area contributed by atoms with Crippen LogP contribution in [-0.4, -0.2) is 35.1 Å². The van der Waals surface area contributed by atoms with Gasteiger partial charge in [0, 0.05) is 50.0 Å². The average molecular weight is 359 g/mol. The summed E-state index contributed by atoms with van der Waals surface area (Å²) >= 11 is 0. The lowest BCUT2D eigenvalue weighted by Crippen LogP contribution is -2.72. The second-order valence-corrected chi connectivity index (χ2v) is 7.48. The van der Waals surface area contributed by atoms with Crippen LogP contribution in [0.1, 0.15) is 17.0 Å². The summed E-state index contributed by atoms with van der Waals surface area (Å²) in [5.74, 6) is 0.367. The van der Waals surface area contributed by atoms with E-state index in [0.29, 0.717) is 18.0 Å². The minimum Gasteiger partial charge on any atom is -0.314 e. The summed E-state index contributed by atoms with van der Waals surface area (Å²) in [6.07, 6.45) is 3.79. The first-order valence-electron chi connectivity index (χ1n) is 9.51. The van der Waals surface area contributed by atoms with Gasteiger partial charge in [-0.2, -0.15) is 0 Å². The number of benzene rings is 2. The van der Waals surface area contributed by atoms with Crippen molar-refractivity contribution in [3.8, 4) is 11.1 Å². The van der Waals surface area contributed by atoms with E-state index in [1.165, 1.54) is 17.2 Å². The molecule has 0 aliphatic carbocycles. The topological polar surface area (TPSA) is 28.2 Å². The van der Waals surface area contributed by atoms with Crippen LogP contribution in [0.4, 0.5) is 4.39 Å². The normalized spacial score (nSPS) is 24.4. The first-order chi connectivity index (χ1) is 13.3. The number of nitrogens with zero attached hydrogens (tertiary/aromatic N) is 2. The fraction of sp³-hybridized carbons (Fsp3) is 0.261. The molecule has 1 aromatic heterocycles. The van der Waals surface area contributed by atoms with Crippen molar-refractivity contribution in [1.82, 2.24) is 15.2 Å². The van der Waals surface area contributed by atoms with E-state index in [1.807, 2.05) is 24.5 Å². The standard InChI is InChI=1S/C23H22FN3/c24-20-5-1-4-19(11-20)17-6-8-18(9-7-17)23-21-13-26-14-22(23)27(21)15-16-3-2-10-25-12-16/h1-12,21-23,26H,13-15H2/t21-,22+,23?. The Balaban J connectivity index is 1.35. The molecule has 2 saturated heterocycles. The van der Waals surface area contributed by atoms with Crippen molar-refractivity contribution in [3.05, 3.63) is 90.0 Å². The highest BCUT2D eigenvalue weighted by molar-refractivity contribution is 5.63. The van der Waals surface area contributed by atoms with Crippen molar-refractivity contribution in [2.75, 3.05) is 13.1 Å². The van der Waals surface area contributed by atoms with Crippen LogP contribution in [0.5, 0.6) is 0 Å². The van der Waals surface area contributed by atoms with Gasteiger partial charge in [-0.1, -0.05) is 42.5 Å². The molecule has 0 amide bonds. The fourth-order valence-electron chi connectivity index (χ4n) is 4.63. The van der Waals surface area contributed by atoms with Gasteiger partial charge in [0.2, 0.25) is 0 Å². The lowest BCUT2D eigenvalue weighted by Gasteiger charge is -2.59. The maximum atomic E-state index is 13.5. The zero-order valence-electron chi connectivity index (χ0n) is 15.1. The molecule has 3 aromatic rings. The molecule has 2 aromatic carbocycles. The lowest BCUT2D eigenvalue weighted by molar-refractivity contribution is -0.0484. The SMILES string of the molecule is Fc1cccc(-c2ccc(C3[C@H]4CNC[C@@H]3N4Cc3cccnc3)cc2)c1. The molecule has 2 fully saturated rings. The molecular formula is C23H22FN3. The monoisotopic (exact) mass is 359 g/mol. The Morgan fingerprint density at radius 3 is 2.48 bits per heavy atom. The van der Waals surface area contributed by atoms with Crippen LogP contribution < -0.4 is 5.32 Å². The van der Waals surface area contributed by atoms with E-state index in [0.717, 1.165) is 30.8 Å². The van der Waals surface area contributed by atoms with Gasteiger partial charge in [-0.25, -0.2) is 4.39 Å². The number of piperidine rings is 1. The molecule has 2 aliphatic rings. The van der Waals surface area contributed by atoms with E-state index in [-0.39, 0.29) is 5.82 Å². The first kappa shape index (κ1) is 16.6. The number of piperazine rings is 1. The summed E-state index contributed by atoms with van der Waals surface area (Å²) in [5, 5.41) is 3.54. The summed E-state index contributed by atoms with van der Waals surface area (Å²) < 4.78 is 13.5. The number of halogens is 1. The van der Waals surface area contributed by atoms with E-state index < -0.39 is 0 Å². The molecule has 27 heavy (non-hydrogen) atoms. The minimum absolute atomic E-state index is 0.192. The highest BCUT2D eigenvalue weighted by Gasteiger charge is 2.50. The van der Waals surface area contributed by atoms with Crippen LogP contribution in [0.3, 0.4) is 0 Å². The van der Waals surface area contributed by atoms with E-state index in [9.17, 15) is 4.39 Å². The van der Waals surface area contributed by atoms with Gasteiger partial charge in [0.15, 0.2) is 0 Å². The Kier molecular flexibility index (Phi) is 4.23. The van der Waals surface area contributed by atoms with Gasteiger partial charge in [-0.3, -0.25) is 9.88 Å². The first-order valence-corrected chi connectivity index (χ1v) is 9.51. The van der Waals surface area contributed by atoms with Gasteiger partial charge in [-0.15, -0.1) is 0 Å². The zero-order valence-corrected chi connectivity index (χ0v) is 15.1. The van der Waals surface area contributed by atoms with Gasteiger partial charge in [-0.05, 0) is 40.5 Å². The van der Waals surface area contributed by atoms with Crippen LogP contribution in [0.2, 0.25) is 0 Å². The van der Waals surface area contributed by atoms with Crippen LogP contribution in [0.25, 0.3) is 11.1 Å². The third-order valence-electron chi connectivity index (χ3n) is 5.93. The van der Waals surface area contributed by atoms with Crippen LogP contribution in [0.15, 0.2) is 73.1 Å². The molecule has 3 nitrogen and oxygen atoms in total. The van der Waals surface area contributed by atoms with Crippen molar-refractivity contribution in [3.63, 3.8) is 0 Å². The van der Waals surface area contributed by atoms with Crippen molar-refractivity contribution in [2.24, 2.45) is 0 Å². The van der Waals surface area contributed by atoms with E-state index in [4.69, 9.17) is 0 Å². The summed E-state index contributed by atoms with van der Waals surface area (Å²) in [7, 11) is 0. The largest absolute Gasteiger partial charge is 0.314 e. The molecule has 5 rings (SSSR count). The summed E-state index contributed by atoms with van der Waals surface area (Å²) in [6, 6.07) is 20.7. The van der Waals surface area contributed by atoms with E-state index in [1.54, 1.807) is 12.1 Å². The molecule has 0 spiro atoms. The highest BCUT2D eigenvalue weighted by Crippen LogP contribution is 2.43. The smallest absolute Gasteiger partial charge is 0.123 e. The Labute approximate surface area is 158 Å². The third kappa shape index (κ3) is 3.05.